The largest absolute Gasteiger partial charge is 0.340 e. The van der Waals surface area contributed by atoms with Crippen molar-refractivity contribution < 1.29 is 8.42 Å². The minimum Gasteiger partial charge on any atom is -0.340 e. The molecule has 0 aliphatic carbocycles. The first-order valence-corrected chi connectivity index (χ1v) is 9.78. The van der Waals surface area contributed by atoms with E-state index in [1.807, 2.05) is 26.0 Å². The van der Waals surface area contributed by atoms with Crippen LogP contribution in [0.1, 0.15) is 11.1 Å². The first kappa shape index (κ1) is 18.2. The minimum atomic E-state index is -3.71. The van der Waals surface area contributed by atoms with Gasteiger partial charge in [-0.1, -0.05) is 35.4 Å². The maximum Gasteiger partial charge on any atom is 0.261 e. The highest BCUT2D eigenvalue weighted by molar-refractivity contribution is 7.92. The van der Waals surface area contributed by atoms with Gasteiger partial charge < -0.3 is 5.32 Å². The number of benzene rings is 2. The van der Waals surface area contributed by atoms with Crippen LogP contribution in [0.5, 0.6) is 0 Å². The molecule has 0 atom stereocenters. The summed E-state index contributed by atoms with van der Waals surface area (Å²) >= 11 is 5.86. The predicted molar refractivity (Wildman–Crippen MR) is 106 cm³/mol. The molecule has 0 unspecified atom stereocenters. The van der Waals surface area contributed by atoms with E-state index in [9.17, 15) is 8.42 Å². The van der Waals surface area contributed by atoms with Crippen LogP contribution in [0.3, 0.4) is 0 Å². The van der Waals surface area contributed by atoms with Gasteiger partial charge in [0, 0.05) is 10.7 Å². The van der Waals surface area contributed by atoms with Gasteiger partial charge in [-0.3, -0.25) is 4.72 Å². The molecule has 0 bridgehead atoms. The fourth-order valence-electron chi connectivity index (χ4n) is 2.47. The van der Waals surface area contributed by atoms with Crippen LogP contribution in [0, 0.1) is 13.8 Å². The number of aryl methyl sites for hydroxylation is 2. The Morgan fingerprint density at radius 2 is 1.81 bits per heavy atom. The van der Waals surface area contributed by atoms with Crippen LogP contribution in [0.2, 0.25) is 5.02 Å². The van der Waals surface area contributed by atoms with Crippen LogP contribution in [0.15, 0.2) is 65.7 Å². The number of sulfonamides is 1. The number of nitrogens with zero attached hydrogens (tertiary/aromatic N) is 1. The molecule has 0 aliphatic rings. The van der Waals surface area contributed by atoms with Crippen LogP contribution >= 0.6 is 11.6 Å². The third kappa shape index (κ3) is 4.33. The Morgan fingerprint density at radius 3 is 2.46 bits per heavy atom. The van der Waals surface area contributed by atoms with Crippen LogP contribution in [-0.4, -0.2) is 13.4 Å². The van der Waals surface area contributed by atoms with Crippen molar-refractivity contribution in [2.24, 2.45) is 0 Å². The third-order valence-electron chi connectivity index (χ3n) is 3.77. The van der Waals surface area contributed by atoms with Crippen molar-refractivity contribution in [3.05, 3.63) is 76.9 Å². The Labute approximate surface area is 158 Å². The smallest absolute Gasteiger partial charge is 0.261 e. The fourth-order valence-corrected chi connectivity index (χ4v) is 3.81. The number of aromatic nitrogens is 1. The molecule has 3 rings (SSSR count). The van der Waals surface area contributed by atoms with E-state index in [0.717, 1.165) is 11.3 Å². The third-order valence-corrected chi connectivity index (χ3v) is 5.38. The van der Waals surface area contributed by atoms with Gasteiger partial charge in [-0.25, -0.2) is 13.4 Å². The normalized spacial score (nSPS) is 11.2. The van der Waals surface area contributed by atoms with Crippen molar-refractivity contribution in [3.8, 4) is 0 Å². The van der Waals surface area contributed by atoms with Gasteiger partial charge in [0.1, 0.15) is 5.82 Å². The van der Waals surface area contributed by atoms with E-state index in [1.54, 1.807) is 24.3 Å². The van der Waals surface area contributed by atoms with E-state index in [1.165, 1.54) is 23.9 Å². The zero-order valence-electron chi connectivity index (χ0n) is 14.3. The summed E-state index contributed by atoms with van der Waals surface area (Å²) in [5, 5.41) is 3.58. The van der Waals surface area contributed by atoms with Crippen LogP contribution in [0.25, 0.3) is 0 Å². The minimum absolute atomic E-state index is 0.0995. The van der Waals surface area contributed by atoms with Crippen molar-refractivity contribution in [2.45, 2.75) is 18.7 Å². The molecule has 5 nitrogen and oxygen atoms in total. The zero-order valence-corrected chi connectivity index (χ0v) is 15.9. The summed E-state index contributed by atoms with van der Waals surface area (Å²) < 4.78 is 27.3. The van der Waals surface area contributed by atoms with Crippen LogP contribution in [-0.2, 0) is 10.0 Å². The number of nitrogens with one attached hydrogen (secondary N) is 2. The lowest BCUT2D eigenvalue weighted by atomic mass is 10.1. The molecular weight excluding hydrogens is 370 g/mol. The van der Waals surface area contributed by atoms with Gasteiger partial charge in [0.15, 0.2) is 0 Å². The quantitative estimate of drug-likeness (QED) is 0.653. The number of halogens is 1. The second-order valence-electron chi connectivity index (χ2n) is 5.94. The molecule has 1 heterocycles. The number of hydrogen-bond donors (Lipinski definition) is 2. The van der Waals surface area contributed by atoms with Crippen LogP contribution in [0.4, 0.5) is 17.2 Å². The van der Waals surface area contributed by atoms with Gasteiger partial charge in [0.05, 0.1) is 16.8 Å². The lowest BCUT2D eigenvalue weighted by Gasteiger charge is -2.11. The number of hydrogen-bond acceptors (Lipinski definition) is 4. The fraction of sp³-hybridized carbons (Fsp3) is 0.105. The lowest BCUT2D eigenvalue weighted by Crippen LogP contribution is -2.13. The first-order valence-electron chi connectivity index (χ1n) is 7.92. The van der Waals surface area contributed by atoms with E-state index >= 15 is 0 Å². The number of rotatable bonds is 5. The Kier molecular flexibility index (Phi) is 5.15. The average Bonchev–Trinajstić information content (AvgIpc) is 2.59. The summed E-state index contributed by atoms with van der Waals surface area (Å²) in [4.78, 5) is 4.37. The Balaban J connectivity index is 1.75. The number of pyridine rings is 1. The molecule has 0 saturated heterocycles. The molecule has 1 aromatic heterocycles. The first-order chi connectivity index (χ1) is 12.3. The average molecular weight is 388 g/mol. The highest BCUT2D eigenvalue weighted by Gasteiger charge is 2.14. The summed E-state index contributed by atoms with van der Waals surface area (Å²) in [5.74, 6) is 0.627. The van der Waals surface area contributed by atoms with Gasteiger partial charge >= 0.3 is 0 Å². The van der Waals surface area contributed by atoms with Crippen LogP contribution < -0.4 is 10.0 Å². The Bertz CT molecular complexity index is 1030. The summed E-state index contributed by atoms with van der Waals surface area (Å²) in [5.41, 5.74) is 3.62. The maximum atomic E-state index is 12.4. The van der Waals surface area contributed by atoms with Gasteiger partial charge in [0.2, 0.25) is 0 Å². The Morgan fingerprint density at radius 1 is 1.00 bits per heavy atom. The molecule has 0 spiro atoms. The topological polar surface area (TPSA) is 71.1 Å². The molecule has 134 valence electrons. The van der Waals surface area contributed by atoms with Gasteiger partial charge in [-0.15, -0.1) is 0 Å². The predicted octanol–water partition coefficient (Wildman–Crippen LogP) is 4.90. The Hall–Kier alpha value is -2.57. The highest BCUT2D eigenvalue weighted by atomic mass is 35.5. The second-order valence-corrected chi connectivity index (χ2v) is 8.06. The monoisotopic (exact) mass is 387 g/mol. The highest BCUT2D eigenvalue weighted by Crippen LogP contribution is 2.22. The van der Waals surface area contributed by atoms with Gasteiger partial charge in [-0.05, 0) is 55.8 Å². The molecule has 0 aliphatic heterocycles. The molecule has 0 fully saturated rings. The van der Waals surface area contributed by atoms with Crippen molar-refractivity contribution in [3.63, 3.8) is 0 Å². The molecule has 0 saturated carbocycles. The second kappa shape index (κ2) is 7.35. The van der Waals surface area contributed by atoms with E-state index in [4.69, 9.17) is 11.6 Å². The summed E-state index contributed by atoms with van der Waals surface area (Å²) in [6, 6.07) is 15.5. The molecule has 0 radical (unpaired) electrons. The van der Waals surface area contributed by atoms with E-state index in [-0.39, 0.29) is 4.90 Å². The van der Waals surface area contributed by atoms with E-state index < -0.39 is 10.0 Å². The number of anilines is 3. The standard InChI is InChI=1S/C19H18ClN3O2S/c1-13-6-8-18(14(2)10-13)22-19-9-7-16(12-21-19)23-26(24,25)17-5-3-4-15(20)11-17/h3-12,23H,1-2H3,(H,21,22). The maximum absolute atomic E-state index is 12.4. The van der Waals surface area contributed by atoms with Crippen molar-refractivity contribution >= 4 is 38.8 Å². The summed E-state index contributed by atoms with van der Waals surface area (Å²) in [6.07, 6.45) is 1.47. The van der Waals surface area contributed by atoms with E-state index in [2.05, 4.69) is 21.1 Å². The summed E-state index contributed by atoms with van der Waals surface area (Å²) in [7, 11) is -3.71. The van der Waals surface area contributed by atoms with Gasteiger partial charge in [0.25, 0.3) is 10.0 Å². The van der Waals surface area contributed by atoms with Gasteiger partial charge in [-0.2, -0.15) is 0 Å². The molecular formula is C19H18ClN3O2S. The SMILES string of the molecule is Cc1ccc(Nc2ccc(NS(=O)(=O)c3cccc(Cl)c3)cn2)c(C)c1. The van der Waals surface area contributed by atoms with Crippen molar-refractivity contribution in [2.75, 3.05) is 10.0 Å². The molecule has 2 N–H and O–H groups in total. The lowest BCUT2D eigenvalue weighted by molar-refractivity contribution is 0.601. The summed E-state index contributed by atoms with van der Waals surface area (Å²) in [6.45, 7) is 4.05. The molecule has 26 heavy (non-hydrogen) atoms. The van der Waals surface area contributed by atoms with Crippen molar-refractivity contribution in [1.82, 2.24) is 4.98 Å². The van der Waals surface area contributed by atoms with Crippen molar-refractivity contribution in [1.29, 1.82) is 0 Å². The zero-order chi connectivity index (χ0) is 18.7. The molecule has 3 aromatic rings. The molecule has 0 amide bonds. The molecule has 7 heteroatoms. The molecule has 2 aromatic carbocycles. The van der Waals surface area contributed by atoms with E-state index in [0.29, 0.717) is 16.5 Å².